The molecule has 0 spiro atoms. The Morgan fingerprint density at radius 1 is 0.233 bits per heavy atom. The van der Waals surface area contributed by atoms with Gasteiger partial charge in [0.05, 0.1) is 0 Å². The summed E-state index contributed by atoms with van der Waals surface area (Å²) in [5, 5.41) is 0. The first-order valence-corrected chi connectivity index (χ1v) is 35.3. The summed E-state index contributed by atoms with van der Waals surface area (Å²) in [5.41, 5.74) is 0. The van der Waals surface area contributed by atoms with Crippen LogP contribution in [0.15, 0.2) is 0 Å². The van der Waals surface area contributed by atoms with Gasteiger partial charge >= 0.3 is 281 Å². The van der Waals surface area contributed by atoms with Gasteiger partial charge in [0.1, 0.15) is 0 Å². The average Bonchev–Trinajstić information content (AvgIpc) is 3.11. The number of rotatable bonds is 12. The van der Waals surface area contributed by atoms with Crippen molar-refractivity contribution < 1.29 is 0 Å². The standard InChI is InChI=1S/6C6H11.C5H10.2Sn/c6*1-2-4-6-5-3-1;1-3-5-4-2;;/h6*1H,2-6H2;1-5H2;;. The van der Waals surface area contributed by atoms with Crippen molar-refractivity contribution in [3.63, 3.8) is 0 Å². The number of unbranched alkanes of at least 4 members (excludes halogenated alkanes) is 2. The Morgan fingerprint density at radius 2 is 0.419 bits per heavy atom. The van der Waals surface area contributed by atoms with E-state index in [9.17, 15) is 0 Å². The molecule has 0 saturated heterocycles. The molecule has 0 bridgehead atoms. The van der Waals surface area contributed by atoms with Crippen molar-refractivity contribution in [2.45, 2.75) is 244 Å². The van der Waals surface area contributed by atoms with Crippen LogP contribution in [0.3, 0.4) is 0 Å². The zero-order chi connectivity index (χ0) is 29.2. The van der Waals surface area contributed by atoms with Crippen LogP contribution in [0.1, 0.15) is 212 Å². The third kappa shape index (κ3) is 8.25. The molecule has 6 aliphatic carbocycles. The molecule has 0 heterocycles. The molecule has 248 valence electrons. The van der Waals surface area contributed by atoms with Gasteiger partial charge in [0.15, 0.2) is 0 Å². The molecule has 0 aromatic carbocycles. The van der Waals surface area contributed by atoms with Gasteiger partial charge in [-0.1, -0.05) is 0 Å². The van der Waals surface area contributed by atoms with E-state index in [1.165, 1.54) is 23.6 Å². The van der Waals surface area contributed by atoms with E-state index < -0.39 is 36.8 Å². The Balaban J connectivity index is 1.19. The topological polar surface area (TPSA) is 0 Å². The van der Waals surface area contributed by atoms with Gasteiger partial charge in [0, 0.05) is 0 Å². The van der Waals surface area contributed by atoms with Crippen LogP contribution < -0.4 is 0 Å². The molecule has 0 amide bonds. The molecule has 0 aromatic heterocycles. The van der Waals surface area contributed by atoms with E-state index in [4.69, 9.17) is 0 Å². The number of hydrogen-bond donors (Lipinski definition) is 0. The van der Waals surface area contributed by atoms with E-state index in [0.29, 0.717) is 0 Å². The summed E-state index contributed by atoms with van der Waals surface area (Å²) < 4.78 is 11.6. The fourth-order valence-electron chi connectivity index (χ4n) is 14.1. The molecule has 0 atom stereocenters. The van der Waals surface area contributed by atoms with E-state index >= 15 is 0 Å². The SMILES string of the molecule is C1CC[CH]([Sn]([CH2]CCC[CH2][Sn]([CH]2CCCCC2)([CH]2CCCCC2)[CH]2CCCCC2)([CH]2CCCCC2)[CH]2CCCCC2)CC1. The third-order valence-electron chi connectivity index (χ3n) is 15.9. The van der Waals surface area contributed by atoms with E-state index in [1.807, 2.05) is 8.87 Å². The van der Waals surface area contributed by atoms with Crippen molar-refractivity contribution in [2.75, 3.05) is 0 Å². The second kappa shape index (κ2) is 17.8. The van der Waals surface area contributed by atoms with Crippen molar-refractivity contribution in [2.24, 2.45) is 0 Å². The first-order valence-electron chi connectivity index (χ1n) is 21.3. The Morgan fingerprint density at radius 3 is 0.605 bits per heavy atom. The Bertz CT molecular complexity index is 599. The Kier molecular flexibility index (Phi) is 14.3. The summed E-state index contributed by atoms with van der Waals surface area (Å²) in [6.07, 6.45) is 54.4. The minimum absolute atomic E-state index is 1.30. The maximum atomic E-state index is 1.87. The summed E-state index contributed by atoms with van der Waals surface area (Å²) in [4.78, 5) is 0. The predicted octanol–water partition coefficient (Wildman–Crippen LogP) is 15.1. The summed E-state index contributed by atoms with van der Waals surface area (Å²) >= 11 is -4.60. The van der Waals surface area contributed by atoms with Gasteiger partial charge in [0.2, 0.25) is 0 Å². The van der Waals surface area contributed by atoms with Gasteiger partial charge in [-0.2, -0.15) is 0 Å². The van der Waals surface area contributed by atoms with Gasteiger partial charge < -0.3 is 0 Å². The van der Waals surface area contributed by atoms with Crippen LogP contribution in [0, 0.1) is 0 Å². The normalized spacial score (nSPS) is 27.9. The molecule has 0 aromatic rings. The zero-order valence-electron chi connectivity index (χ0n) is 29.2. The monoisotopic (exact) mass is 808 g/mol. The summed E-state index contributed by atoms with van der Waals surface area (Å²) in [7, 11) is 0. The quantitative estimate of drug-likeness (QED) is 0.136. The van der Waals surface area contributed by atoms with Gasteiger partial charge in [0.25, 0.3) is 0 Å². The van der Waals surface area contributed by atoms with Crippen LogP contribution in [0.2, 0.25) is 32.5 Å². The first kappa shape index (κ1) is 34.5. The molecular formula is C41H76Sn2. The fourth-order valence-corrected chi connectivity index (χ4v) is 62.8. The summed E-state index contributed by atoms with van der Waals surface area (Å²) in [6, 6.07) is 0. The van der Waals surface area contributed by atoms with E-state index in [2.05, 4.69) is 0 Å². The van der Waals surface area contributed by atoms with Crippen LogP contribution >= 0.6 is 0 Å². The van der Waals surface area contributed by atoms with Crippen LogP contribution in [-0.4, -0.2) is 36.8 Å². The average molecular weight is 806 g/mol. The molecule has 43 heavy (non-hydrogen) atoms. The molecule has 6 aliphatic rings. The van der Waals surface area contributed by atoms with Crippen LogP contribution in [0.4, 0.5) is 0 Å². The van der Waals surface area contributed by atoms with Crippen molar-refractivity contribution in [1.29, 1.82) is 0 Å². The molecule has 0 radical (unpaired) electrons. The molecule has 6 rings (SSSR count). The predicted molar refractivity (Wildman–Crippen MR) is 196 cm³/mol. The molecule has 2 heteroatoms. The maximum absolute atomic E-state index is 2.30. The van der Waals surface area contributed by atoms with Gasteiger partial charge in [-0.25, -0.2) is 0 Å². The van der Waals surface area contributed by atoms with Crippen LogP contribution in [0.25, 0.3) is 0 Å². The van der Waals surface area contributed by atoms with Gasteiger partial charge in [-0.15, -0.1) is 0 Å². The Hall–Kier alpha value is 1.60. The molecular weight excluding hydrogens is 730 g/mol. The third-order valence-corrected chi connectivity index (χ3v) is 58.8. The molecule has 0 N–H and O–H groups in total. The van der Waals surface area contributed by atoms with Crippen LogP contribution in [0.5, 0.6) is 0 Å². The molecule has 0 nitrogen and oxygen atoms in total. The van der Waals surface area contributed by atoms with Gasteiger partial charge in [-0.3, -0.25) is 0 Å². The fraction of sp³-hybridized carbons (Fsp3) is 1.00. The first-order chi connectivity index (χ1) is 21.3. The molecule has 0 unspecified atom stereocenters. The van der Waals surface area contributed by atoms with Crippen molar-refractivity contribution in [1.82, 2.24) is 0 Å². The second-order valence-corrected chi connectivity index (χ2v) is 47.3. The molecule has 6 saturated carbocycles. The van der Waals surface area contributed by atoms with Crippen LogP contribution in [-0.2, 0) is 0 Å². The van der Waals surface area contributed by atoms with Crippen molar-refractivity contribution in [3.05, 3.63) is 0 Å². The van der Waals surface area contributed by atoms with E-state index in [-0.39, 0.29) is 0 Å². The van der Waals surface area contributed by atoms with Crippen molar-refractivity contribution in [3.8, 4) is 0 Å². The summed E-state index contributed by atoms with van der Waals surface area (Å²) in [6.45, 7) is 0. The summed E-state index contributed by atoms with van der Waals surface area (Å²) in [5.74, 6) is 0. The Labute approximate surface area is 279 Å². The van der Waals surface area contributed by atoms with E-state index in [1.54, 1.807) is 212 Å². The molecule has 0 aliphatic heterocycles. The van der Waals surface area contributed by atoms with E-state index in [0.717, 1.165) is 0 Å². The zero-order valence-corrected chi connectivity index (χ0v) is 34.9. The minimum atomic E-state index is -2.30. The second-order valence-electron chi connectivity index (χ2n) is 17.8. The van der Waals surface area contributed by atoms with Crippen molar-refractivity contribution >= 4 is 36.8 Å². The molecule has 6 fully saturated rings. The van der Waals surface area contributed by atoms with Gasteiger partial charge in [-0.05, 0) is 0 Å². The number of hydrogen-bond acceptors (Lipinski definition) is 0.